The molecular weight excluding hydrogens is 308 g/mol. The molecule has 4 heteroatoms. The zero-order valence-electron chi connectivity index (χ0n) is 12.3. The second kappa shape index (κ2) is 8.78. The first kappa shape index (κ1) is 16.8. The Balaban J connectivity index is 0.000000185. The Morgan fingerprint density at radius 2 is 1.00 bits per heavy atom. The highest BCUT2D eigenvalue weighted by atomic mass is 32.2. The van der Waals surface area contributed by atoms with Crippen molar-refractivity contribution in [2.24, 2.45) is 0 Å². The molecule has 3 aromatic carbocycles. The predicted octanol–water partition coefficient (Wildman–Crippen LogP) is 3.84. The summed E-state index contributed by atoms with van der Waals surface area (Å²) in [5, 5.41) is 0. The van der Waals surface area contributed by atoms with Crippen molar-refractivity contribution in [3.8, 4) is 0 Å². The SMILES string of the molecule is O=C(c1ccccc1)c1ccccc1.O=S([O-])c1ccccc1. The molecule has 0 N–H and O–H groups in total. The summed E-state index contributed by atoms with van der Waals surface area (Å²) in [6.45, 7) is 0. The largest absolute Gasteiger partial charge is 0.768 e. The molecule has 0 heterocycles. The van der Waals surface area contributed by atoms with E-state index in [-0.39, 0.29) is 5.78 Å². The summed E-state index contributed by atoms with van der Waals surface area (Å²) >= 11 is -2.08. The molecule has 0 spiro atoms. The molecule has 3 nitrogen and oxygen atoms in total. The van der Waals surface area contributed by atoms with E-state index in [1.54, 1.807) is 30.3 Å². The highest BCUT2D eigenvalue weighted by Crippen LogP contribution is 2.08. The van der Waals surface area contributed by atoms with Gasteiger partial charge in [-0.05, 0) is 23.2 Å². The molecule has 3 aromatic rings. The van der Waals surface area contributed by atoms with Crippen molar-refractivity contribution >= 4 is 16.9 Å². The third-order valence-electron chi connectivity index (χ3n) is 3.01. The van der Waals surface area contributed by atoms with Crippen molar-refractivity contribution in [3.05, 3.63) is 102 Å². The predicted molar refractivity (Wildman–Crippen MR) is 89.9 cm³/mol. The van der Waals surface area contributed by atoms with Crippen LogP contribution in [-0.2, 0) is 11.1 Å². The number of carbonyl (C=O) groups excluding carboxylic acids is 1. The Morgan fingerprint density at radius 1 is 0.652 bits per heavy atom. The minimum absolute atomic E-state index is 0.0752. The molecule has 0 saturated carbocycles. The van der Waals surface area contributed by atoms with Gasteiger partial charge in [0.05, 0.1) is 0 Å². The molecule has 1 unspecified atom stereocenters. The molecule has 23 heavy (non-hydrogen) atoms. The van der Waals surface area contributed by atoms with Crippen LogP contribution in [0.1, 0.15) is 15.9 Å². The van der Waals surface area contributed by atoms with E-state index < -0.39 is 11.1 Å². The topological polar surface area (TPSA) is 57.2 Å². The standard InChI is InChI=1S/C13H10O.C6H6O2S/c14-13(11-7-3-1-4-8-11)12-9-5-2-6-10-12;7-9(8)6-4-2-1-3-5-6/h1-10H;1-5H,(H,7,8)/p-1. The minimum Gasteiger partial charge on any atom is -0.768 e. The number of carbonyl (C=O) groups is 1. The summed E-state index contributed by atoms with van der Waals surface area (Å²) in [5.41, 5.74) is 1.47. The number of ketones is 1. The maximum absolute atomic E-state index is 11.8. The van der Waals surface area contributed by atoms with Gasteiger partial charge in [0.25, 0.3) is 0 Å². The summed E-state index contributed by atoms with van der Waals surface area (Å²) in [6, 6.07) is 26.8. The van der Waals surface area contributed by atoms with E-state index in [1.165, 1.54) is 0 Å². The van der Waals surface area contributed by atoms with E-state index in [4.69, 9.17) is 0 Å². The second-order valence-corrected chi connectivity index (χ2v) is 5.55. The second-order valence-electron chi connectivity index (χ2n) is 4.61. The van der Waals surface area contributed by atoms with Crippen molar-refractivity contribution in [2.75, 3.05) is 0 Å². The van der Waals surface area contributed by atoms with Crippen molar-refractivity contribution in [2.45, 2.75) is 4.90 Å². The van der Waals surface area contributed by atoms with E-state index in [9.17, 15) is 13.6 Å². The van der Waals surface area contributed by atoms with E-state index in [2.05, 4.69) is 0 Å². The third kappa shape index (κ3) is 5.29. The first-order chi connectivity index (χ1) is 11.2. The molecule has 0 fully saturated rings. The van der Waals surface area contributed by atoms with E-state index in [0.29, 0.717) is 4.90 Å². The number of rotatable bonds is 3. The van der Waals surface area contributed by atoms with Crippen LogP contribution in [0.25, 0.3) is 0 Å². The van der Waals surface area contributed by atoms with Crippen LogP contribution in [0.3, 0.4) is 0 Å². The monoisotopic (exact) mass is 323 g/mol. The summed E-state index contributed by atoms with van der Waals surface area (Å²) in [5.74, 6) is 0.0752. The average molecular weight is 323 g/mol. The zero-order chi connectivity index (χ0) is 16.5. The fourth-order valence-corrected chi connectivity index (χ4v) is 2.26. The average Bonchev–Trinajstić information content (AvgIpc) is 2.64. The highest BCUT2D eigenvalue weighted by molar-refractivity contribution is 7.79. The lowest BCUT2D eigenvalue weighted by atomic mass is 10.0. The number of benzene rings is 3. The summed E-state index contributed by atoms with van der Waals surface area (Å²) in [6.07, 6.45) is 0. The molecule has 0 radical (unpaired) electrons. The van der Waals surface area contributed by atoms with Crippen LogP contribution in [0.5, 0.6) is 0 Å². The number of hydrogen-bond acceptors (Lipinski definition) is 3. The van der Waals surface area contributed by atoms with Crippen LogP contribution in [-0.4, -0.2) is 14.5 Å². The maximum atomic E-state index is 11.8. The lowest BCUT2D eigenvalue weighted by molar-refractivity contribution is 0.103. The lowest BCUT2D eigenvalue weighted by Crippen LogP contribution is -1.99. The van der Waals surface area contributed by atoms with Crippen LogP contribution < -0.4 is 0 Å². The molecule has 0 amide bonds. The molecular formula is C19H15O3S-. The van der Waals surface area contributed by atoms with Gasteiger partial charge in [-0.25, -0.2) is 0 Å². The van der Waals surface area contributed by atoms with Gasteiger partial charge in [0, 0.05) is 16.0 Å². The minimum atomic E-state index is -2.08. The van der Waals surface area contributed by atoms with Gasteiger partial charge in [-0.3, -0.25) is 9.00 Å². The van der Waals surface area contributed by atoms with Crippen molar-refractivity contribution in [1.82, 2.24) is 0 Å². The van der Waals surface area contributed by atoms with Crippen molar-refractivity contribution in [1.29, 1.82) is 0 Å². The van der Waals surface area contributed by atoms with Gasteiger partial charge in [0.1, 0.15) is 0 Å². The fourth-order valence-electron chi connectivity index (χ4n) is 1.88. The molecule has 1 atom stereocenters. The molecule has 0 aromatic heterocycles. The first-order valence-corrected chi connectivity index (χ1v) is 8.05. The summed E-state index contributed by atoms with van der Waals surface area (Å²) in [7, 11) is 0. The summed E-state index contributed by atoms with van der Waals surface area (Å²) in [4.78, 5) is 12.2. The Kier molecular flexibility index (Phi) is 6.41. The van der Waals surface area contributed by atoms with Crippen LogP contribution in [0.2, 0.25) is 0 Å². The molecule has 3 rings (SSSR count). The molecule has 0 aliphatic carbocycles. The first-order valence-electron chi connectivity index (χ1n) is 6.97. The molecule has 0 bridgehead atoms. The quantitative estimate of drug-likeness (QED) is 0.543. The number of hydrogen-bond donors (Lipinski definition) is 0. The maximum Gasteiger partial charge on any atom is 0.193 e. The lowest BCUT2D eigenvalue weighted by Gasteiger charge is -2.01. The zero-order valence-corrected chi connectivity index (χ0v) is 13.1. The fraction of sp³-hybridized carbons (Fsp3) is 0. The van der Waals surface area contributed by atoms with Gasteiger partial charge in [-0.1, -0.05) is 78.9 Å². The smallest absolute Gasteiger partial charge is 0.193 e. The molecule has 0 aliphatic heterocycles. The van der Waals surface area contributed by atoms with Gasteiger partial charge in [0.15, 0.2) is 5.78 Å². The summed E-state index contributed by atoms with van der Waals surface area (Å²) < 4.78 is 20.4. The Morgan fingerprint density at radius 3 is 1.30 bits per heavy atom. The van der Waals surface area contributed by atoms with Gasteiger partial charge in [-0.2, -0.15) is 0 Å². The van der Waals surface area contributed by atoms with E-state index in [1.807, 2.05) is 60.7 Å². The Bertz CT molecular complexity index is 715. The molecule has 116 valence electrons. The Hall–Kier alpha value is -2.56. The Labute approximate surface area is 137 Å². The molecule has 0 saturated heterocycles. The van der Waals surface area contributed by atoms with Crippen LogP contribution >= 0.6 is 0 Å². The van der Waals surface area contributed by atoms with Gasteiger partial charge in [-0.15, -0.1) is 0 Å². The van der Waals surface area contributed by atoms with Gasteiger partial charge >= 0.3 is 0 Å². The van der Waals surface area contributed by atoms with Crippen LogP contribution in [0.15, 0.2) is 95.9 Å². The van der Waals surface area contributed by atoms with Gasteiger partial charge < -0.3 is 4.55 Å². The van der Waals surface area contributed by atoms with Gasteiger partial charge in [0.2, 0.25) is 0 Å². The molecule has 0 aliphatic rings. The normalized spacial score (nSPS) is 11.0. The van der Waals surface area contributed by atoms with Crippen molar-refractivity contribution < 1.29 is 13.6 Å². The van der Waals surface area contributed by atoms with Crippen LogP contribution in [0.4, 0.5) is 0 Å². The van der Waals surface area contributed by atoms with E-state index in [0.717, 1.165) is 11.1 Å². The third-order valence-corrected chi connectivity index (χ3v) is 3.66. The van der Waals surface area contributed by atoms with Crippen LogP contribution in [0, 0.1) is 0 Å². The highest BCUT2D eigenvalue weighted by Gasteiger charge is 2.06. The van der Waals surface area contributed by atoms with Crippen molar-refractivity contribution in [3.63, 3.8) is 0 Å². The van der Waals surface area contributed by atoms with E-state index >= 15 is 0 Å².